The van der Waals surface area contributed by atoms with Crippen molar-refractivity contribution >= 4 is 33.9 Å². The van der Waals surface area contributed by atoms with Gasteiger partial charge in [-0.3, -0.25) is 4.79 Å². The predicted molar refractivity (Wildman–Crippen MR) is 125 cm³/mol. The number of aromatic nitrogens is 1. The molecule has 0 amide bonds. The van der Waals surface area contributed by atoms with Gasteiger partial charge in [-0.05, 0) is 80.5 Å². The number of anilines is 1. The monoisotopic (exact) mass is 425 g/mol. The van der Waals surface area contributed by atoms with Crippen LogP contribution in [0.5, 0.6) is 5.75 Å². The number of pyridine rings is 1. The number of benzene rings is 2. The number of aromatic amines is 1. The molecule has 1 heterocycles. The van der Waals surface area contributed by atoms with Gasteiger partial charge in [-0.15, -0.1) is 0 Å². The van der Waals surface area contributed by atoms with Gasteiger partial charge in [0.15, 0.2) is 5.11 Å². The number of fused-ring (bicyclic) bond motifs is 1. The fourth-order valence-electron chi connectivity index (χ4n) is 3.42. The molecule has 3 rings (SSSR count). The van der Waals surface area contributed by atoms with Crippen LogP contribution in [0.25, 0.3) is 10.9 Å². The molecular formula is C23H27N3O3S. The first kappa shape index (κ1) is 21.8. The summed E-state index contributed by atoms with van der Waals surface area (Å²) in [4.78, 5) is 17.4. The summed E-state index contributed by atoms with van der Waals surface area (Å²) in [6, 6.07) is 13.5. The number of aryl methyl sites for hydroxylation is 2. The molecule has 0 atom stereocenters. The third kappa shape index (κ3) is 5.17. The van der Waals surface area contributed by atoms with Crippen LogP contribution in [-0.2, 0) is 6.54 Å². The van der Waals surface area contributed by atoms with E-state index in [1.54, 1.807) is 4.90 Å². The quantitative estimate of drug-likeness (QED) is 0.501. The van der Waals surface area contributed by atoms with E-state index in [4.69, 9.17) is 17.0 Å². The number of rotatable bonds is 7. The zero-order valence-electron chi connectivity index (χ0n) is 17.5. The molecule has 0 saturated carbocycles. The van der Waals surface area contributed by atoms with Crippen molar-refractivity contribution < 1.29 is 9.84 Å². The summed E-state index contributed by atoms with van der Waals surface area (Å²) < 4.78 is 5.45. The Labute approximate surface area is 181 Å². The molecule has 0 bridgehead atoms. The van der Waals surface area contributed by atoms with Crippen molar-refractivity contribution in [1.29, 1.82) is 0 Å². The van der Waals surface area contributed by atoms with Crippen molar-refractivity contribution in [2.24, 2.45) is 0 Å². The van der Waals surface area contributed by atoms with Gasteiger partial charge in [-0.2, -0.15) is 0 Å². The SMILES string of the molecule is CCOc1ccc(NC(=S)N(CCO)Cc2cc3c(C)cc(C)cc3[nH]c2=O)cc1. The minimum Gasteiger partial charge on any atom is -0.494 e. The van der Waals surface area contributed by atoms with Gasteiger partial charge in [-0.25, -0.2) is 0 Å². The fourth-order valence-corrected chi connectivity index (χ4v) is 3.69. The highest BCUT2D eigenvalue weighted by atomic mass is 32.1. The normalized spacial score (nSPS) is 10.8. The first-order valence-corrected chi connectivity index (χ1v) is 10.3. The first-order chi connectivity index (χ1) is 14.4. The van der Waals surface area contributed by atoms with Gasteiger partial charge in [0.2, 0.25) is 0 Å². The number of thiocarbonyl (C=S) groups is 1. The Balaban J connectivity index is 1.81. The van der Waals surface area contributed by atoms with Crippen LogP contribution in [0.1, 0.15) is 23.6 Å². The molecule has 3 N–H and O–H groups in total. The highest BCUT2D eigenvalue weighted by Gasteiger charge is 2.14. The molecule has 0 radical (unpaired) electrons. The molecule has 0 saturated heterocycles. The van der Waals surface area contributed by atoms with E-state index in [0.29, 0.717) is 30.4 Å². The summed E-state index contributed by atoms with van der Waals surface area (Å²) in [5.74, 6) is 0.787. The molecule has 0 aliphatic carbocycles. The average Bonchev–Trinajstić information content (AvgIpc) is 2.70. The Morgan fingerprint density at radius 3 is 2.60 bits per heavy atom. The summed E-state index contributed by atoms with van der Waals surface area (Å²) >= 11 is 5.55. The number of ether oxygens (including phenoxy) is 1. The number of nitrogens with zero attached hydrogens (tertiary/aromatic N) is 1. The zero-order chi connectivity index (χ0) is 21.7. The van der Waals surface area contributed by atoms with E-state index in [0.717, 1.165) is 33.5 Å². The van der Waals surface area contributed by atoms with Crippen LogP contribution >= 0.6 is 12.2 Å². The van der Waals surface area contributed by atoms with Crippen molar-refractivity contribution in [3.05, 3.63) is 69.5 Å². The fraction of sp³-hybridized carbons (Fsp3) is 0.304. The molecule has 0 unspecified atom stereocenters. The van der Waals surface area contributed by atoms with Crippen LogP contribution in [0.15, 0.2) is 47.3 Å². The Morgan fingerprint density at radius 1 is 1.20 bits per heavy atom. The van der Waals surface area contributed by atoms with Gasteiger partial charge in [0.25, 0.3) is 5.56 Å². The van der Waals surface area contributed by atoms with Crippen molar-refractivity contribution in [3.8, 4) is 5.75 Å². The lowest BCUT2D eigenvalue weighted by Crippen LogP contribution is -2.37. The van der Waals surface area contributed by atoms with Crippen molar-refractivity contribution in [3.63, 3.8) is 0 Å². The minimum absolute atomic E-state index is 0.0746. The van der Waals surface area contributed by atoms with Gasteiger partial charge >= 0.3 is 0 Å². The molecule has 158 valence electrons. The summed E-state index contributed by atoms with van der Waals surface area (Å²) in [6.07, 6.45) is 0. The molecule has 2 aromatic carbocycles. The van der Waals surface area contributed by atoms with E-state index in [-0.39, 0.29) is 12.2 Å². The van der Waals surface area contributed by atoms with Crippen molar-refractivity contribution in [1.82, 2.24) is 9.88 Å². The lowest BCUT2D eigenvalue weighted by atomic mass is 10.0. The Bertz CT molecular complexity index is 1090. The predicted octanol–water partition coefficient (Wildman–Crippen LogP) is 3.73. The van der Waals surface area contributed by atoms with Gasteiger partial charge in [-0.1, -0.05) is 6.07 Å². The standard InChI is InChI=1S/C23H27N3O3S/c1-4-29-19-7-5-18(6-8-19)24-23(30)26(9-10-27)14-17-13-20-16(3)11-15(2)12-21(20)25-22(17)28/h5-8,11-13,27H,4,9-10,14H2,1-3H3,(H,24,30)(H,25,28). The van der Waals surface area contributed by atoms with Crippen molar-refractivity contribution in [2.75, 3.05) is 25.1 Å². The largest absolute Gasteiger partial charge is 0.494 e. The molecule has 7 heteroatoms. The van der Waals surface area contributed by atoms with Crippen LogP contribution in [0.2, 0.25) is 0 Å². The smallest absolute Gasteiger partial charge is 0.253 e. The summed E-state index contributed by atoms with van der Waals surface area (Å²) in [5, 5.41) is 14.1. The number of aliphatic hydroxyl groups is 1. The van der Waals surface area contributed by atoms with Crippen LogP contribution < -0.4 is 15.6 Å². The number of nitrogens with one attached hydrogen (secondary N) is 2. The van der Waals surface area contributed by atoms with Crippen LogP contribution in [0, 0.1) is 13.8 Å². The Morgan fingerprint density at radius 2 is 1.93 bits per heavy atom. The molecule has 0 fully saturated rings. The molecule has 3 aromatic rings. The van der Waals surface area contributed by atoms with Gasteiger partial charge in [0.1, 0.15) is 5.75 Å². The molecule has 0 spiro atoms. The van der Waals surface area contributed by atoms with Gasteiger partial charge in [0.05, 0.1) is 19.8 Å². The van der Waals surface area contributed by atoms with Gasteiger partial charge < -0.3 is 25.0 Å². The Hall–Kier alpha value is -2.90. The molecule has 30 heavy (non-hydrogen) atoms. The van der Waals surface area contributed by atoms with E-state index in [1.165, 1.54) is 0 Å². The van der Waals surface area contributed by atoms with Crippen LogP contribution in [-0.4, -0.2) is 39.9 Å². The summed E-state index contributed by atoms with van der Waals surface area (Å²) in [6.45, 7) is 7.11. The molecular weight excluding hydrogens is 398 g/mol. The van der Waals surface area contributed by atoms with Crippen LogP contribution in [0.4, 0.5) is 5.69 Å². The maximum atomic E-state index is 12.7. The highest BCUT2D eigenvalue weighted by Crippen LogP contribution is 2.20. The second-order valence-corrected chi connectivity index (χ2v) is 7.59. The second-order valence-electron chi connectivity index (χ2n) is 7.20. The van der Waals surface area contributed by atoms with E-state index in [1.807, 2.05) is 57.2 Å². The third-order valence-corrected chi connectivity index (χ3v) is 5.18. The lowest BCUT2D eigenvalue weighted by molar-refractivity contribution is 0.248. The minimum atomic E-state index is -0.153. The number of H-pyrrole nitrogens is 1. The number of aliphatic hydroxyl groups excluding tert-OH is 1. The Kier molecular flexibility index (Phi) is 7.07. The second kappa shape index (κ2) is 9.73. The molecule has 0 aliphatic heterocycles. The molecule has 0 aliphatic rings. The maximum absolute atomic E-state index is 12.7. The zero-order valence-corrected chi connectivity index (χ0v) is 18.3. The maximum Gasteiger partial charge on any atom is 0.253 e. The van der Waals surface area contributed by atoms with E-state index < -0.39 is 0 Å². The number of hydrogen-bond donors (Lipinski definition) is 3. The van der Waals surface area contributed by atoms with E-state index in [2.05, 4.69) is 16.4 Å². The number of hydrogen-bond acceptors (Lipinski definition) is 4. The van der Waals surface area contributed by atoms with Gasteiger partial charge in [0, 0.05) is 28.7 Å². The molecule has 1 aromatic heterocycles. The molecule has 6 nitrogen and oxygen atoms in total. The third-order valence-electron chi connectivity index (χ3n) is 4.82. The highest BCUT2D eigenvalue weighted by molar-refractivity contribution is 7.80. The van der Waals surface area contributed by atoms with Crippen molar-refractivity contribution in [2.45, 2.75) is 27.3 Å². The van der Waals surface area contributed by atoms with E-state index >= 15 is 0 Å². The lowest BCUT2D eigenvalue weighted by Gasteiger charge is -2.25. The summed E-state index contributed by atoms with van der Waals surface area (Å²) in [7, 11) is 0. The first-order valence-electron chi connectivity index (χ1n) is 9.94. The van der Waals surface area contributed by atoms with Crippen LogP contribution in [0.3, 0.4) is 0 Å². The summed E-state index contributed by atoms with van der Waals surface area (Å²) in [5.41, 5.74) is 4.28. The average molecular weight is 426 g/mol. The topological polar surface area (TPSA) is 77.6 Å². The van der Waals surface area contributed by atoms with E-state index in [9.17, 15) is 9.90 Å².